The Labute approximate surface area is 156 Å². The smallest absolute Gasteiger partial charge is 0.217 e. The van der Waals surface area contributed by atoms with Gasteiger partial charge < -0.3 is 9.84 Å². The van der Waals surface area contributed by atoms with Crippen LogP contribution in [0.3, 0.4) is 0 Å². The number of phenolic OH excluding ortho intramolecular Hbond substituents is 1. The molecule has 0 saturated heterocycles. The average Bonchev–Trinajstić information content (AvgIpc) is 3.33. The summed E-state index contributed by atoms with van der Waals surface area (Å²) < 4.78 is 6.30. The number of para-hydroxylation sites is 2. The number of thiophene rings is 1. The van der Waals surface area contributed by atoms with Crippen LogP contribution in [-0.2, 0) is 0 Å². The normalized spacial score (nSPS) is 21.0. The molecule has 26 heavy (non-hydrogen) atoms. The van der Waals surface area contributed by atoms with E-state index in [1.807, 2.05) is 54.4 Å². The maximum absolute atomic E-state index is 10.6. The summed E-state index contributed by atoms with van der Waals surface area (Å²) in [4.78, 5) is 1.18. The van der Waals surface area contributed by atoms with Crippen LogP contribution in [0, 0.1) is 6.92 Å². The number of benzene rings is 2. The van der Waals surface area contributed by atoms with Crippen LogP contribution in [0.25, 0.3) is 0 Å². The Hall–Kier alpha value is -2.79. The second kappa shape index (κ2) is 5.88. The number of nitrogens with zero attached hydrogens (tertiary/aromatic N) is 2. The number of hydrazone groups is 1. The van der Waals surface area contributed by atoms with Gasteiger partial charge in [-0.1, -0.05) is 36.4 Å². The zero-order valence-corrected chi connectivity index (χ0v) is 15.1. The fraction of sp³-hybridized carbons (Fsp3) is 0.190. The Morgan fingerprint density at radius 2 is 1.92 bits per heavy atom. The van der Waals surface area contributed by atoms with E-state index in [4.69, 9.17) is 9.84 Å². The van der Waals surface area contributed by atoms with Crippen molar-refractivity contribution in [2.24, 2.45) is 5.10 Å². The quantitative estimate of drug-likeness (QED) is 0.697. The molecule has 0 amide bonds. The van der Waals surface area contributed by atoms with E-state index in [0.717, 1.165) is 34.6 Å². The average molecular weight is 362 g/mol. The highest BCUT2D eigenvalue weighted by Gasteiger charge is 2.41. The van der Waals surface area contributed by atoms with Gasteiger partial charge in [0, 0.05) is 12.0 Å². The van der Waals surface area contributed by atoms with Gasteiger partial charge in [-0.2, -0.15) is 5.10 Å². The monoisotopic (exact) mass is 362 g/mol. The summed E-state index contributed by atoms with van der Waals surface area (Å²) in [7, 11) is 0. The molecule has 4 nitrogen and oxygen atoms in total. The number of fused-ring (bicyclic) bond motifs is 3. The molecular formula is C21H18N2O2S. The first-order valence-corrected chi connectivity index (χ1v) is 9.54. The first kappa shape index (κ1) is 15.5. The summed E-state index contributed by atoms with van der Waals surface area (Å²) in [6.45, 7) is 1.90. The molecule has 0 saturated carbocycles. The SMILES string of the molecule is Cc1cccc([C@H]2Oc3ccccc3[C@H]3CC(c4cccs4)=NN32)c1O. The molecule has 0 aliphatic carbocycles. The van der Waals surface area contributed by atoms with Crippen LogP contribution < -0.4 is 4.74 Å². The highest BCUT2D eigenvalue weighted by atomic mass is 32.1. The van der Waals surface area contributed by atoms with E-state index < -0.39 is 6.23 Å². The molecule has 0 bridgehead atoms. The van der Waals surface area contributed by atoms with E-state index in [1.54, 1.807) is 11.3 Å². The predicted octanol–water partition coefficient (Wildman–Crippen LogP) is 5.00. The Kier molecular flexibility index (Phi) is 3.50. The summed E-state index contributed by atoms with van der Waals surface area (Å²) in [6.07, 6.45) is 0.400. The molecule has 1 N–H and O–H groups in total. The highest BCUT2D eigenvalue weighted by molar-refractivity contribution is 7.12. The Bertz CT molecular complexity index is 997. The number of aromatic hydroxyl groups is 1. The molecule has 3 heterocycles. The summed E-state index contributed by atoms with van der Waals surface area (Å²) in [5.41, 5.74) is 3.80. The lowest BCUT2D eigenvalue weighted by atomic mass is 9.97. The van der Waals surface area contributed by atoms with Crippen LogP contribution >= 0.6 is 11.3 Å². The van der Waals surface area contributed by atoms with Crippen molar-refractivity contribution in [1.29, 1.82) is 0 Å². The summed E-state index contributed by atoms with van der Waals surface area (Å²) in [5.74, 6) is 1.14. The zero-order chi connectivity index (χ0) is 17.7. The molecule has 130 valence electrons. The van der Waals surface area contributed by atoms with Crippen molar-refractivity contribution in [2.45, 2.75) is 25.6 Å². The number of rotatable bonds is 2. The largest absolute Gasteiger partial charge is 0.507 e. The minimum absolute atomic E-state index is 0.113. The standard InChI is InChI=1S/C21H18N2O2S/c1-13-6-4-8-15(20(13)24)21-23-17(14-7-2-3-9-18(14)25-21)12-16(22-23)19-10-5-11-26-19/h2-11,17,21,24H,12H2,1H3/t17-,21-/m1/s1. The van der Waals surface area contributed by atoms with E-state index in [1.165, 1.54) is 4.88 Å². The summed E-state index contributed by atoms with van der Waals surface area (Å²) in [6, 6.07) is 18.1. The number of ether oxygens (including phenoxy) is 1. The molecule has 0 fully saturated rings. The van der Waals surface area contributed by atoms with Gasteiger partial charge in [-0.05, 0) is 36.1 Å². The topological polar surface area (TPSA) is 45.1 Å². The van der Waals surface area contributed by atoms with Gasteiger partial charge in [0.1, 0.15) is 11.5 Å². The predicted molar refractivity (Wildman–Crippen MR) is 103 cm³/mol. The van der Waals surface area contributed by atoms with Gasteiger partial charge in [-0.25, -0.2) is 5.01 Å². The van der Waals surface area contributed by atoms with Crippen LogP contribution in [0.2, 0.25) is 0 Å². The van der Waals surface area contributed by atoms with Crippen molar-refractivity contribution >= 4 is 17.0 Å². The number of hydrogen-bond acceptors (Lipinski definition) is 5. The van der Waals surface area contributed by atoms with Gasteiger partial charge in [0.2, 0.25) is 6.23 Å². The molecule has 2 aliphatic heterocycles. The molecule has 2 aliphatic rings. The molecule has 2 aromatic carbocycles. The molecule has 0 radical (unpaired) electrons. The van der Waals surface area contributed by atoms with Crippen LogP contribution in [0.4, 0.5) is 0 Å². The number of aryl methyl sites for hydroxylation is 1. The molecule has 2 atom stereocenters. The van der Waals surface area contributed by atoms with Crippen molar-refractivity contribution in [1.82, 2.24) is 5.01 Å². The van der Waals surface area contributed by atoms with Crippen molar-refractivity contribution in [3.63, 3.8) is 0 Å². The molecule has 1 aromatic heterocycles. The Morgan fingerprint density at radius 1 is 1.08 bits per heavy atom. The summed E-state index contributed by atoms with van der Waals surface area (Å²) >= 11 is 1.70. The maximum Gasteiger partial charge on any atom is 0.217 e. The third-order valence-corrected chi connectivity index (χ3v) is 5.96. The second-order valence-corrected chi connectivity index (χ2v) is 7.59. The molecule has 5 rings (SSSR count). The van der Waals surface area contributed by atoms with Gasteiger partial charge in [-0.15, -0.1) is 11.3 Å². The summed E-state index contributed by atoms with van der Waals surface area (Å²) in [5, 5.41) is 19.6. The Balaban J connectivity index is 1.64. The van der Waals surface area contributed by atoms with Crippen LogP contribution in [-0.4, -0.2) is 15.8 Å². The van der Waals surface area contributed by atoms with Gasteiger partial charge in [-0.3, -0.25) is 0 Å². The fourth-order valence-corrected chi connectivity index (χ4v) is 4.43. The van der Waals surface area contributed by atoms with Gasteiger partial charge >= 0.3 is 0 Å². The zero-order valence-electron chi connectivity index (χ0n) is 14.3. The van der Waals surface area contributed by atoms with E-state index in [-0.39, 0.29) is 11.8 Å². The van der Waals surface area contributed by atoms with Gasteiger partial charge in [0.05, 0.1) is 22.2 Å². The highest BCUT2D eigenvalue weighted by Crippen LogP contribution is 2.49. The van der Waals surface area contributed by atoms with Crippen LogP contribution in [0.15, 0.2) is 65.1 Å². The molecular weight excluding hydrogens is 344 g/mol. The molecule has 5 heteroatoms. The minimum atomic E-state index is -0.438. The van der Waals surface area contributed by atoms with Gasteiger partial charge in [0.15, 0.2) is 0 Å². The lowest BCUT2D eigenvalue weighted by Gasteiger charge is -2.38. The second-order valence-electron chi connectivity index (χ2n) is 6.64. The van der Waals surface area contributed by atoms with E-state index in [0.29, 0.717) is 0 Å². The molecule has 0 unspecified atom stereocenters. The van der Waals surface area contributed by atoms with Crippen LogP contribution in [0.1, 0.15) is 40.3 Å². The van der Waals surface area contributed by atoms with E-state index in [2.05, 4.69) is 17.5 Å². The Morgan fingerprint density at radius 3 is 2.77 bits per heavy atom. The van der Waals surface area contributed by atoms with Crippen molar-refractivity contribution in [3.05, 3.63) is 81.5 Å². The molecule has 3 aromatic rings. The first-order valence-electron chi connectivity index (χ1n) is 8.66. The number of hydrogen-bond donors (Lipinski definition) is 1. The van der Waals surface area contributed by atoms with Crippen molar-refractivity contribution in [2.75, 3.05) is 0 Å². The third kappa shape index (κ3) is 2.31. The van der Waals surface area contributed by atoms with E-state index in [9.17, 15) is 5.11 Å². The van der Waals surface area contributed by atoms with Crippen LogP contribution in [0.5, 0.6) is 11.5 Å². The van der Waals surface area contributed by atoms with E-state index >= 15 is 0 Å². The third-order valence-electron chi connectivity index (χ3n) is 5.04. The van der Waals surface area contributed by atoms with Gasteiger partial charge in [0.25, 0.3) is 0 Å². The molecule has 0 spiro atoms. The maximum atomic E-state index is 10.6. The first-order chi connectivity index (χ1) is 12.7. The lowest BCUT2D eigenvalue weighted by molar-refractivity contribution is -0.0203. The number of phenols is 1. The fourth-order valence-electron chi connectivity index (χ4n) is 3.71. The minimum Gasteiger partial charge on any atom is -0.507 e. The van der Waals surface area contributed by atoms with Crippen molar-refractivity contribution in [3.8, 4) is 11.5 Å². The van der Waals surface area contributed by atoms with Crippen molar-refractivity contribution < 1.29 is 9.84 Å². The lowest BCUT2D eigenvalue weighted by Crippen LogP contribution is -2.33.